The Balaban J connectivity index is 1.50. The van der Waals surface area contributed by atoms with Crippen molar-refractivity contribution in [2.75, 3.05) is 11.8 Å². The van der Waals surface area contributed by atoms with E-state index in [1.54, 1.807) is 6.07 Å². The van der Waals surface area contributed by atoms with Gasteiger partial charge in [-0.1, -0.05) is 6.42 Å². The van der Waals surface area contributed by atoms with Crippen LogP contribution >= 0.6 is 0 Å². The molecule has 3 N–H and O–H groups in total. The molecule has 0 aliphatic heterocycles. The van der Waals surface area contributed by atoms with Gasteiger partial charge in [-0.25, -0.2) is 13.2 Å². The van der Waals surface area contributed by atoms with E-state index < -0.39 is 16.0 Å². The van der Waals surface area contributed by atoms with Gasteiger partial charge in [-0.3, -0.25) is 9.82 Å². The zero-order chi connectivity index (χ0) is 17.6. The average molecular weight is 364 g/mol. The molecule has 25 heavy (non-hydrogen) atoms. The standard InChI is InChI=1S/C16H20N4O4S/c1-24-16(21)14-6-11(8-17-14)25(22,23)20-15-7-13(18-19-15)12-5-9-2-3-10(12)4-9/h6-10,12,17H,2-5H2,1H3,(H2,18,19,20). The second-order valence-electron chi connectivity index (χ2n) is 6.84. The lowest BCUT2D eigenvalue weighted by atomic mass is 9.86. The number of ether oxygens (including phenoxy) is 1. The molecule has 2 aliphatic rings. The summed E-state index contributed by atoms with van der Waals surface area (Å²) >= 11 is 0. The van der Waals surface area contributed by atoms with Crippen molar-refractivity contribution in [3.05, 3.63) is 29.7 Å². The van der Waals surface area contributed by atoms with E-state index in [0.717, 1.165) is 18.0 Å². The molecule has 0 amide bonds. The first-order valence-corrected chi connectivity index (χ1v) is 9.79. The number of rotatable bonds is 5. The number of H-pyrrole nitrogens is 2. The van der Waals surface area contributed by atoms with Crippen molar-refractivity contribution in [3.63, 3.8) is 0 Å². The maximum Gasteiger partial charge on any atom is 0.354 e. The minimum Gasteiger partial charge on any atom is -0.464 e. The molecule has 4 rings (SSSR count). The van der Waals surface area contributed by atoms with Crippen molar-refractivity contribution < 1.29 is 17.9 Å². The number of methoxy groups -OCH3 is 1. The summed E-state index contributed by atoms with van der Waals surface area (Å²) < 4.78 is 31.9. The molecule has 2 aromatic rings. The van der Waals surface area contributed by atoms with Gasteiger partial charge in [0.2, 0.25) is 0 Å². The highest BCUT2D eigenvalue weighted by molar-refractivity contribution is 7.92. The first-order valence-electron chi connectivity index (χ1n) is 8.31. The Bertz CT molecular complexity index is 901. The number of esters is 1. The van der Waals surface area contributed by atoms with Crippen molar-refractivity contribution >= 4 is 21.8 Å². The largest absolute Gasteiger partial charge is 0.464 e. The van der Waals surface area contributed by atoms with Crippen molar-refractivity contribution in [1.29, 1.82) is 0 Å². The van der Waals surface area contributed by atoms with E-state index in [9.17, 15) is 13.2 Å². The normalized spacial score (nSPS) is 25.2. The molecule has 0 radical (unpaired) electrons. The third kappa shape index (κ3) is 2.92. The topological polar surface area (TPSA) is 117 Å². The number of carbonyl (C=O) groups is 1. The number of hydrogen-bond donors (Lipinski definition) is 3. The van der Waals surface area contributed by atoms with Gasteiger partial charge in [0.15, 0.2) is 5.82 Å². The van der Waals surface area contributed by atoms with E-state index in [4.69, 9.17) is 0 Å². The van der Waals surface area contributed by atoms with Crippen LogP contribution in [-0.4, -0.2) is 36.7 Å². The molecular formula is C16H20N4O4S. The molecule has 0 spiro atoms. The monoisotopic (exact) mass is 364 g/mol. The molecule has 2 aromatic heterocycles. The summed E-state index contributed by atoms with van der Waals surface area (Å²) in [6, 6.07) is 3.01. The highest BCUT2D eigenvalue weighted by Crippen LogP contribution is 2.52. The number of carbonyl (C=O) groups excluding carboxylic acids is 1. The van der Waals surface area contributed by atoms with Crippen molar-refractivity contribution in [1.82, 2.24) is 15.2 Å². The molecule has 9 heteroatoms. The number of anilines is 1. The minimum absolute atomic E-state index is 0.0441. The predicted molar refractivity (Wildman–Crippen MR) is 89.7 cm³/mol. The summed E-state index contributed by atoms with van der Waals surface area (Å²) in [5.41, 5.74) is 1.07. The van der Waals surface area contributed by atoms with Gasteiger partial charge in [-0.2, -0.15) is 5.10 Å². The molecule has 2 saturated carbocycles. The van der Waals surface area contributed by atoms with Crippen LogP contribution in [0, 0.1) is 11.8 Å². The maximum atomic E-state index is 12.4. The predicted octanol–water partition coefficient (Wildman–Crippen LogP) is 2.23. The third-order valence-corrected chi connectivity index (χ3v) is 6.68. The number of fused-ring (bicyclic) bond motifs is 2. The summed E-state index contributed by atoms with van der Waals surface area (Å²) in [7, 11) is -2.59. The lowest BCUT2D eigenvalue weighted by molar-refractivity contribution is 0.0594. The Morgan fingerprint density at radius 2 is 2.16 bits per heavy atom. The van der Waals surface area contributed by atoms with Gasteiger partial charge in [0, 0.05) is 23.9 Å². The third-order valence-electron chi connectivity index (χ3n) is 5.35. The van der Waals surface area contributed by atoms with E-state index in [1.807, 2.05) is 0 Å². The van der Waals surface area contributed by atoms with Gasteiger partial charge in [0.1, 0.15) is 10.6 Å². The summed E-state index contributed by atoms with van der Waals surface area (Å²) in [6.07, 6.45) is 6.22. The second kappa shape index (κ2) is 5.91. The Hall–Kier alpha value is -2.29. The average Bonchev–Trinajstić information content (AvgIpc) is 3.35. The summed E-state index contributed by atoms with van der Waals surface area (Å²) in [6.45, 7) is 0. The summed E-state index contributed by atoms with van der Waals surface area (Å²) in [5.74, 6) is 1.57. The van der Waals surface area contributed by atoms with Gasteiger partial charge in [-0.15, -0.1) is 0 Å². The molecule has 8 nitrogen and oxygen atoms in total. The highest BCUT2D eigenvalue weighted by atomic mass is 32.2. The van der Waals surface area contributed by atoms with Crippen LogP contribution in [0.3, 0.4) is 0 Å². The van der Waals surface area contributed by atoms with E-state index in [0.29, 0.717) is 11.8 Å². The Morgan fingerprint density at radius 1 is 1.32 bits per heavy atom. The van der Waals surface area contributed by atoms with Crippen LogP contribution in [0.1, 0.15) is 47.8 Å². The fraction of sp³-hybridized carbons (Fsp3) is 0.500. The zero-order valence-corrected chi connectivity index (χ0v) is 14.6. The number of hydrogen-bond acceptors (Lipinski definition) is 5. The number of nitrogens with zero attached hydrogens (tertiary/aromatic N) is 1. The minimum atomic E-state index is -3.83. The fourth-order valence-corrected chi connectivity index (χ4v) is 5.14. The van der Waals surface area contributed by atoms with Gasteiger partial charge in [0.05, 0.1) is 7.11 Å². The van der Waals surface area contributed by atoms with Gasteiger partial charge in [-0.05, 0) is 37.2 Å². The van der Waals surface area contributed by atoms with Gasteiger partial charge < -0.3 is 9.72 Å². The van der Waals surface area contributed by atoms with Crippen LogP contribution in [0.15, 0.2) is 23.2 Å². The highest BCUT2D eigenvalue weighted by Gasteiger charge is 2.41. The van der Waals surface area contributed by atoms with Crippen LogP contribution in [0.25, 0.3) is 0 Å². The molecule has 0 saturated heterocycles. The van der Waals surface area contributed by atoms with Crippen molar-refractivity contribution in [3.8, 4) is 0 Å². The summed E-state index contributed by atoms with van der Waals surface area (Å²) in [4.78, 5) is 14.0. The molecule has 2 fully saturated rings. The van der Waals surface area contributed by atoms with Crippen LogP contribution in [0.5, 0.6) is 0 Å². The van der Waals surface area contributed by atoms with Crippen LogP contribution in [0.4, 0.5) is 5.82 Å². The van der Waals surface area contributed by atoms with Gasteiger partial charge >= 0.3 is 5.97 Å². The van der Waals surface area contributed by atoms with Gasteiger partial charge in [0.25, 0.3) is 10.0 Å². The number of sulfonamides is 1. The quantitative estimate of drug-likeness (QED) is 0.703. The van der Waals surface area contributed by atoms with Crippen LogP contribution < -0.4 is 4.72 Å². The SMILES string of the molecule is COC(=O)c1cc(S(=O)(=O)Nc2cc(C3CC4CCC3C4)[nH]n2)c[nH]1. The number of nitrogens with one attached hydrogen (secondary N) is 3. The van der Waals surface area contributed by atoms with Crippen molar-refractivity contribution in [2.45, 2.75) is 36.5 Å². The molecule has 134 valence electrons. The molecule has 2 bridgehead atoms. The van der Waals surface area contributed by atoms with E-state index in [1.165, 1.54) is 38.6 Å². The van der Waals surface area contributed by atoms with E-state index in [-0.39, 0.29) is 16.4 Å². The molecule has 3 unspecified atom stereocenters. The molecule has 3 atom stereocenters. The number of aromatic nitrogens is 3. The van der Waals surface area contributed by atoms with Crippen molar-refractivity contribution in [2.24, 2.45) is 11.8 Å². The maximum absolute atomic E-state index is 12.4. The van der Waals surface area contributed by atoms with Crippen LogP contribution in [-0.2, 0) is 14.8 Å². The Labute approximate surface area is 145 Å². The smallest absolute Gasteiger partial charge is 0.354 e. The molecule has 2 aliphatic carbocycles. The van der Waals surface area contributed by atoms with E-state index >= 15 is 0 Å². The first-order chi connectivity index (χ1) is 12.0. The second-order valence-corrected chi connectivity index (χ2v) is 8.52. The molecule has 0 aromatic carbocycles. The first kappa shape index (κ1) is 16.2. The zero-order valence-electron chi connectivity index (χ0n) is 13.8. The number of aromatic amines is 2. The van der Waals surface area contributed by atoms with Crippen LogP contribution in [0.2, 0.25) is 0 Å². The molecule has 2 heterocycles. The summed E-state index contributed by atoms with van der Waals surface area (Å²) in [5, 5.41) is 7.08. The lowest BCUT2D eigenvalue weighted by Gasteiger charge is -2.19. The van der Waals surface area contributed by atoms with E-state index in [2.05, 4.69) is 24.6 Å². The lowest BCUT2D eigenvalue weighted by Crippen LogP contribution is -2.12. The molecular weight excluding hydrogens is 344 g/mol. The fourth-order valence-electron chi connectivity index (χ4n) is 4.16. The Kier molecular flexibility index (Phi) is 3.82. The Morgan fingerprint density at radius 3 is 2.84 bits per heavy atom.